The van der Waals surface area contributed by atoms with E-state index in [1.807, 2.05) is 66.7 Å². The molecular weight excluding hydrogens is 437 g/mol. The van der Waals surface area contributed by atoms with Gasteiger partial charge < -0.3 is 11.1 Å². The number of nitrogen functional groups attached to an aromatic ring is 1. The molecule has 3 aromatic carbocycles. The molecule has 168 valence electrons. The van der Waals surface area contributed by atoms with Gasteiger partial charge in [0, 0.05) is 28.5 Å². The highest BCUT2D eigenvalue weighted by Crippen LogP contribution is 2.34. The van der Waals surface area contributed by atoms with Crippen molar-refractivity contribution >= 4 is 28.1 Å². The summed E-state index contributed by atoms with van der Waals surface area (Å²) in [6.07, 6.45) is -2.93. The summed E-state index contributed by atoms with van der Waals surface area (Å²) in [4.78, 5) is 8.56. The van der Waals surface area contributed by atoms with Gasteiger partial charge in [-0.25, -0.2) is 4.98 Å². The van der Waals surface area contributed by atoms with Gasteiger partial charge in [-0.1, -0.05) is 48.5 Å². The Morgan fingerprint density at radius 1 is 0.735 bits per heavy atom. The minimum Gasteiger partial charge on any atom is -0.384 e. The van der Waals surface area contributed by atoms with Crippen LogP contribution in [0.2, 0.25) is 0 Å². The molecule has 0 aliphatic heterocycles. The van der Waals surface area contributed by atoms with E-state index in [0.29, 0.717) is 16.9 Å². The third kappa shape index (κ3) is 4.41. The van der Waals surface area contributed by atoms with Crippen LogP contribution in [0.15, 0.2) is 97.2 Å². The molecule has 5 rings (SSSR count). The summed E-state index contributed by atoms with van der Waals surface area (Å²) in [5, 5.41) is 3.87. The van der Waals surface area contributed by atoms with Gasteiger partial charge in [0.05, 0.1) is 16.8 Å². The molecule has 5 aromatic rings. The standard InChI is InChI=1S/C27H19F3N4/c28-27(29,30)20-8-11-22-23(12-13-32-25(22)16-20)33-21-9-6-18(7-10-21)24-14-19(15-26(31)34-24)17-4-2-1-3-5-17/h1-16H,(H2,31,34)(H,32,33). The largest absolute Gasteiger partial charge is 0.416 e. The summed E-state index contributed by atoms with van der Waals surface area (Å²) in [5.74, 6) is 0.431. The summed E-state index contributed by atoms with van der Waals surface area (Å²) < 4.78 is 39.1. The fraction of sp³-hybridized carbons (Fsp3) is 0.0370. The van der Waals surface area contributed by atoms with Crippen LogP contribution >= 0.6 is 0 Å². The van der Waals surface area contributed by atoms with Crippen LogP contribution < -0.4 is 11.1 Å². The molecule has 0 aliphatic rings. The zero-order valence-corrected chi connectivity index (χ0v) is 17.8. The van der Waals surface area contributed by atoms with Crippen LogP contribution in [0.5, 0.6) is 0 Å². The lowest BCUT2D eigenvalue weighted by Crippen LogP contribution is -2.04. The third-order valence-electron chi connectivity index (χ3n) is 5.48. The maximum atomic E-state index is 13.0. The Balaban J connectivity index is 1.43. The number of pyridine rings is 2. The van der Waals surface area contributed by atoms with E-state index in [2.05, 4.69) is 15.3 Å². The molecule has 0 radical (unpaired) electrons. The van der Waals surface area contributed by atoms with Crippen molar-refractivity contribution in [2.24, 2.45) is 0 Å². The molecular formula is C27H19F3N4. The van der Waals surface area contributed by atoms with Crippen LogP contribution in [-0.4, -0.2) is 9.97 Å². The summed E-state index contributed by atoms with van der Waals surface area (Å²) in [6, 6.07) is 26.7. The molecule has 0 fully saturated rings. The Morgan fingerprint density at radius 2 is 1.50 bits per heavy atom. The van der Waals surface area contributed by atoms with Crippen molar-refractivity contribution in [2.45, 2.75) is 6.18 Å². The van der Waals surface area contributed by atoms with E-state index in [1.165, 1.54) is 12.3 Å². The molecule has 4 nitrogen and oxygen atoms in total. The fourth-order valence-electron chi connectivity index (χ4n) is 3.81. The number of halogens is 3. The minimum atomic E-state index is -4.41. The zero-order valence-electron chi connectivity index (χ0n) is 17.8. The van der Waals surface area contributed by atoms with Gasteiger partial charge in [0.2, 0.25) is 0 Å². The minimum absolute atomic E-state index is 0.272. The van der Waals surface area contributed by atoms with E-state index in [0.717, 1.165) is 40.2 Å². The normalized spacial score (nSPS) is 11.5. The molecule has 0 saturated heterocycles. The highest BCUT2D eigenvalue weighted by atomic mass is 19.4. The predicted octanol–water partition coefficient (Wildman–Crippen LogP) is 7.31. The van der Waals surface area contributed by atoms with Crippen molar-refractivity contribution in [3.8, 4) is 22.4 Å². The lowest BCUT2D eigenvalue weighted by molar-refractivity contribution is -0.137. The second-order valence-corrected chi connectivity index (χ2v) is 7.82. The van der Waals surface area contributed by atoms with E-state index >= 15 is 0 Å². The molecule has 0 bridgehead atoms. The number of anilines is 3. The van der Waals surface area contributed by atoms with Crippen molar-refractivity contribution in [1.29, 1.82) is 0 Å². The van der Waals surface area contributed by atoms with Crippen molar-refractivity contribution in [3.63, 3.8) is 0 Å². The second-order valence-electron chi connectivity index (χ2n) is 7.82. The Hall–Kier alpha value is -4.39. The SMILES string of the molecule is Nc1cc(-c2ccccc2)cc(-c2ccc(Nc3ccnc4cc(C(F)(F)F)ccc34)cc2)n1. The molecule has 2 aromatic heterocycles. The van der Waals surface area contributed by atoms with E-state index in [4.69, 9.17) is 5.73 Å². The lowest BCUT2D eigenvalue weighted by atomic mass is 10.0. The Bertz CT molecular complexity index is 1460. The summed E-state index contributed by atoms with van der Waals surface area (Å²) >= 11 is 0. The van der Waals surface area contributed by atoms with Gasteiger partial charge >= 0.3 is 6.18 Å². The van der Waals surface area contributed by atoms with Gasteiger partial charge in [-0.3, -0.25) is 4.98 Å². The topological polar surface area (TPSA) is 63.8 Å². The zero-order chi connectivity index (χ0) is 23.7. The van der Waals surface area contributed by atoms with Crippen LogP contribution in [0, 0.1) is 0 Å². The molecule has 0 saturated carbocycles. The smallest absolute Gasteiger partial charge is 0.384 e. The van der Waals surface area contributed by atoms with Crippen molar-refractivity contribution in [2.75, 3.05) is 11.1 Å². The molecule has 3 N–H and O–H groups in total. The Morgan fingerprint density at radius 3 is 2.24 bits per heavy atom. The summed E-state index contributed by atoms with van der Waals surface area (Å²) in [6.45, 7) is 0. The highest BCUT2D eigenvalue weighted by Gasteiger charge is 2.30. The van der Waals surface area contributed by atoms with E-state index in [1.54, 1.807) is 6.07 Å². The molecule has 0 amide bonds. The van der Waals surface area contributed by atoms with Gasteiger partial charge in [0.15, 0.2) is 0 Å². The molecule has 0 aliphatic carbocycles. The monoisotopic (exact) mass is 456 g/mol. The van der Waals surface area contributed by atoms with Crippen LogP contribution in [0.3, 0.4) is 0 Å². The molecule has 34 heavy (non-hydrogen) atoms. The Labute approximate surface area is 193 Å². The quantitative estimate of drug-likeness (QED) is 0.298. The van der Waals surface area contributed by atoms with E-state index < -0.39 is 11.7 Å². The van der Waals surface area contributed by atoms with Crippen molar-refractivity contribution < 1.29 is 13.2 Å². The van der Waals surface area contributed by atoms with Gasteiger partial charge in [-0.05, 0) is 53.6 Å². The lowest BCUT2D eigenvalue weighted by Gasteiger charge is -2.12. The number of benzene rings is 3. The predicted molar refractivity (Wildman–Crippen MR) is 130 cm³/mol. The van der Waals surface area contributed by atoms with Gasteiger partial charge in [0.1, 0.15) is 5.82 Å². The highest BCUT2D eigenvalue weighted by molar-refractivity contribution is 5.93. The molecule has 0 spiro atoms. The summed E-state index contributed by atoms with van der Waals surface area (Å²) in [5.41, 5.74) is 10.7. The number of hydrogen-bond donors (Lipinski definition) is 2. The molecule has 0 unspecified atom stereocenters. The second kappa shape index (κ2) is 8.51. The Kier molecular flexibility index (Phi) is 5.37. The third-order valence-corrected chi connectivity index (χ3v) is 5.48. The molecule has 2 heterocycles. The van der Waals surface area contributed by atoms with E-state index in [9.17, 15) is 13.2 Å². The number of nitrogens with one attached hydrogen (secondary N) is 1. The first-order chi connectivity index (χ1) is 16.4. The number of fused-ring (bicyclic) bond motifs is 1. The van der Waals surface area contributed by atoms with Crippen LogP contribution in [0.1, 0.15) is 5.56 Å². The number of hydrogen-bond acceptors (Lipinski definition) is 4. The maximum absolute atomic E-state index is 13.0. The number of alkyl halides is 3. The average Bonchev–Trinajstić information content (AvgIpc) is 2.84. The van der Waals surface area contributed by atoms with Gasteiger partial charge in [-0.15, -0.1) is 0 Å². The molecule has 0 atom stereocenters. The van der Waals surface area contributed by atoms with Crippen LogP contribution in [0.25, 0.3) is 33.3 Å². The van der Waals surface area contributed by atoms with Crippen molar-refractivity contribution in [3.05, 3.63) is 103 Å². The number of aromatic nitrogens is 2. The average molecular weight is 456 g/mol. The van der Waals surface area contributed by atoms with Crippen LogP contribution in [-0.2, 0) is 6.18 Å². The molecule has 7 heteroatoms. The summed E-state index contributed by atoms with van der Waals surface area (Å²) in [7, 11) is 0. The first kappa shape index (κ1) is 21.5. The maximum Gasteiger partial charge on any atom is 0.416 e. The van der Waals surface area contributed by atoms with E-state index in [-0.39, 0.29) is 5.52 Å². The first-order valence-corrected chi connectivity index (χ1v) is 10.5. The van der Waals surface area contributed by atoms with Gasteiger partial charge in [0.25, 0.3) is 0 Å². The fourth-order valence-corrected chi connectivity index (χ4v) is 3.81. The van der Waals surface area contributed by atoms with Gasteiger partial charge in [-0.2, -0.15) is 13.2 Å². The van der Waals surface area contributed by atoms with Crippen LogP contribution in [0.4, 0.5) is 30.4 Å². The number of nitrogens with two attached hydrogens (primary N) is 1. The van der Waals surface area contributed by atoms with Crippen molar-refractivity contribution in [1.82, 2.24) is 9.97 Å². The number of rotatable bonds is 4. The number of nitrogens with zero attached hydrogens (tertiary/aromatic N) is 2. The first-order valence-electron chi connectivity index (χ1n) is 10.5.